The molecule has 3 nitrogen and oxygen atoms in total. The molecule has 1 radical (unpaired) electrons. The van der Waals surface area contributed by atoms with Crippen LogP contribution in [-0.2, 0) is 67.6 Å². The Bertz CT molecular complexity index is 352. The summed E-state index contributed by atoms with van der Waals surface area (Å²) in [7, 11) is 0. The quantitative estimate of drug-likeness (QED) is 0.393. The Morgan fingerprint density at radius 2 is 1.19 bits per heavy atom. The molecule has 0 unspecified atom stereocenters. The van der Waals surface area contributed by atoms with Crippen LogP contribution < -0.4 is 0 Å². The number of rotatable bonds is 5. The molecule has 0 amide bonds. The maximum atomic E-state index is 8.01. The second-order valence-corrected chi connectivity index (χ2v) is 6.94. The predicted octanol–water partition coefficient (Wildman–Crippen LogP) is 2.31. The van der Waals surface area contributed by atoms with Gasteiger partial charge in [0.05, 0.1) is 12.1 Å². The molecule has 0 heterocycles. The van der Waals surface area contributed by atoms with Crippen molar-refractivity contribution in [2.45, 2.75) is 32.4 Å². The van der Waals surface area contributed by atoms with Crippen LogP contribution in [0.25, 0.3) is 0 Å². The molecule has 21 heavy (non-hydrogen) atoms. The monoisotopic (exact) mass is 408 g/mol. The third kappa shape index (κ3) is 16.5. The van der Waals surface area contributed by atoms with E-state index in [1.807, 2.05) is 0 Å². The smallest absolute Gasteiger partial charge is 0.0694 e. The number of nitrogens with zero attached hydrogens (tertiary/aromatic N) is 3. The van der Waals surface area contributed by atoms with E-state index in [9.17, 15) is 0 Å². The van der Waals surface area contributed by atoms with Crippen LogP contribution in [0.5, 0.6) is 0 Å². The molecule has 0 saturated heterocycles. The van der Waals surface area contributed by atoms with Crippen molar-refractivity contribution in [3.63, 3.8) is 0 Å². The van der Waals surface area contributed by atoms with E-state index in [4.69, 9.17) is 35.8 Å². The molecule has 0 aromatic heterocycles. The summed E-state index contributed by atoms with van der Waals surface area (Å²) in [5.74, 6) is 1.30. The van der Waals surface area contributed by atoms with E-state index in [-0.39, 0.29) is 31.6 Å². The van der Waals surface area contributed by atoms with Gasteiger partial charge in [0.15, 0.2) is 0 Å². The zero-order valence-electron chi connectivity index (χ0n) is 12.4. The van der Waals surface area contributed by atoms with E-state index in [0.717, 1.165) is 13.1 Å². The second kappa shape index (κ2) is 15.2. The van der Waals surface area contributed by atoms with E-state index in [1.54, 1.807) is 12.1 Å². The van der Waals surface area contributed by atoms with Crippen LogP contribution in [0.1, 0.15) is 27.7 Å². The molecule has 0 rings (SSSR count). The minimum absolute atomic E-state index is 0. The SMILES string of the molecule is CC(C)CN(CC(C)C)C([S-])[S-].N#C/C([S-])=C(/[S-])C#N.[Cu]. The molecule has 125 valence electrons. The predicted molar refractivity (Wildman–Crippen MR) is 92.7 cm³/mol. The Balaban J connectivity index is -0.000000317. The Labute approximate surface area is 161 Å². The first kappa shape index (κ1) is 26.2. The first-order chi connectivity index (χ1) is 9.15. The van der Waals surface area contributed by atoms with Gasteiger partial charge in [0.25, 0.3) is 0 Å². The van der Waals surface area contributed by atoms with Gasteiger partial charge in [0.2, 0.25) is 0 Å². The Kier molecular flexibility index (Phi) is 19.1. The summed E-state index contributed by atoms with van der Waals surface area (Å²) >= 11 is 18.9. The summed E-state index contributed by atoms with van der Waals surface area (Å²) < 4.78 is -0.144. The van der Waals surface area contributed by atoms with Gasteiger partial charge in [-0.1, -0.05) is 27.7 Å². The first-order valence-electron chi connectivity index (χ1n) is 6.09. The fourth-order valence-corrected chi connectivity index (χ4v) is 1.72. The summed E-state index contributed by atoms with van der Waals surface area (Å²) in [6.45, 7) is 10.8. The Hall–Kier alpha value is 0.339. The average molecular weight is 409 g/mol. The van der Waals surface area contributed by atoms with Crippen LogP contribution in [0.4, 0.5) is 0 Å². The molecule has 0 N–H and O–H groups in total. The van der Waals surface area contributed by atoms with Crippen molar-refractivity contribution in [2.75, 3.05) is 13.1 Å². The largest absolute Gasteiger partial charge is 0.800 e. The molecule has 0 aromatic rings. The maximum Gasteiger partial charge on any atom is 0.0694 e. The molecule has 0 aliphatic heterocycles. The molecule has 8 heteroatoms. The van der Waals surface area contributed by atoms with Gasteiger partial charge in [-0.3, -0.25) is 0 Å². The van der Waals surface area contributed by atoms with Crippen LogP contribution in [0, 0.1) is 34.5 Å². The Morgan fingerprint density at radius 1 is 0.905 bits per heavy atom. The number of hydrogen-bond acceptors (Lipinski definition) is 7. The van der Waals surface area contributed by atoms with Crippen molar-refractivity contribution in [1.82, 2.24) is 4.90 Å². The molecule has 0 spiro atoms. The van der Waals surface area contributed by atoms with Gasteiger partial charge < -0.3 is 55.4 Å². The molecular weight excluding hydrogens is 390 g/mol. The summed E-state index contributed by atoms with van der Waals surface area (Å²) in [6, 6.07) is 3.17. The molecule has 0 fully saturated rings. The van der Waals surface area contributed by atoms with Gasteiger partial charge in [-0.25, -0.2) is 4.71 Å². The number of hydrogen-bond donors (Lipinski definition) is 0. The molecule has 0 aliphatic rings. The zero-order valence-corrected chi connectivity index (χ0v) is 16.6. The minimum atomic E-state index is -0.144. The van der Waals surface area contributed by atoms with Crippen molar-refractivity contribution < 1.29 is 17.1 Å². The Morgan fingerprint density at radius 3 is 1.33 bits per heavy atom. The van der Waals surface area contributed by atoms with Gasteiger partial charge in [-0.2, -0.15) is 10.5 Å². The van der Waals surface area contributed by atoms with Crippen molar-refractivity contribution >= 4 is 50.5 Å². The topological polar surface area (TPSA) is 50.8 Å². The summed E-state index contributed by atoms with van der Waals surface area (Å²) in [4.78, 5) is 1.98. The average Bonchev–Trinajstić information content (AvgIpc) is 2.35. The van der Waals surface area contributed by atoms with Crippen molar-refractivity contribution in [3.8, 4) is 12.1 Å². The van der Waals surface area contributed by atoms with E-state index >= 15 is 0 Å². The van der Waals surface area contributed by atoms with Crippen LogP contribution in [0.3, 0.4) is 0 Å². The van der Waals surface area contributed by atoms with Crippen LogP contribution in [-0.4, -0.2) is 22.7 Å². The molecule has 0 bridgehead atoms. The second-order valence-electron chi connectivity index (χ2n) is 4.93. The summed E-state index contributed by atoms with van der Waals surface area (Å²) in [5, 5.41) is 16.0. The summed E-state index contributed by atoms with van der Waals surface area (Å²) in [6.07, 6.45) is 0. The standard InChI is InChI=1S/C9H21NS2.C4H2N2S2.Cu/c1-7(2)5-10(9(11)12)6-8(3)4;5-1-3(7)4(8)2-6;/h7-9,11-12H,5-6H2,1-4H3;7-8H;/p-4/b;4-3-;. The van der Waals surface area contributed by atoms with Crippen molar-refractivity contribution in [1.29, 1.82) is 10.5 Å². The molecule has 0 aromatic carbocycles. The van der Waals surface area contributed by atoms with Gasteiger partial charge in [-0.15, -0.1) is 9.81 Å². The molecule has 0 atom stereocenters. The van der Waals surface area contributed by atoms with E-state index in [0.29, 0.717) is 11.8 Å². The van der Waals surface area contributed by atoms with Crippen LogP contribution in [0.2, 0.25) is 0 Å². The normalized spacial score (nSPS) is 11.2. The van der Waals surface area contributed by atoms with E-state index < -0.39 is 0 Å². The van der Waals surface area contributed by atoms with Crippen LogP contribution >= 0.6 is 0 Å². The molecule has 0 saturated carbocycles. The fourth-order valence-electron chi connectivity index (χ4n) is 1.29. The summed E-state index contributed by atoms with van der Waals surface area (Å²) in [5.41, 5.74) is 0. The first-order valence-corrected chi connectivity index (χ1v) is 7.85. The van der Waals surface area contributed by atoms with Gasteiger partial charge in [-0.05, 0) is 24.9 Å². The van der Waals surface area contributed by atoms with Crippen molar-refractivity contribution in [3.05, 3.63) is 9.81 Å². The van der Waals surface area contributed by atoms with Crippen molar-refractivity contribution in [2.24, 2.45) is 11.8 Å². The van der Waals surface area contributed by atoms with Gasteiger partial charge in [0.1, 0.15) is 0 Å². The maximum absolute atomic E-state index is 8.01. The van der Waals surface area contributed by atoms with Crippen LogP contribution in [0.15, 0.2) is 9.81 Å². The minimum Gasteiger partial charge on any atom is -0.800 e. The number of nitriles is 2. The van der Waals surface area contributed by atoms with Gasteiger partial charge >= 0.3 is 0 Å². The third-order valence-electron chi connectivity index (χ3n) is 1.91. The molecule has 0 aliphatic carbocycles. The molecular formula is C13H19CuN3S4-4. The third-order valence-corrected chi connectivity index (χ3v) is 3.22. The zero-order chi connectivity index (χ0) is 16.3. The van der Waals surface area contributed by atoms with Gasteiger partial charge in [0, 0.05) is 17.1 Å². The fraction of sp³-hybridized carbons (Fsp3) is 0.692. The van der Waals surface area contributed by atoms with E-state index in [1.165, 1.54) is 0 Å². The van der Waals surface area contributed by atoms with E-state index in [2.05, 4.69) is 57.9 Å². The number of allylic oxidation sites excluding steroid dienone is 2.